The second-order valence-electron chi connectivity index (χ2n) is 5.03. The summed E-state index contributed by atoms with van der Waals surface area (Å²) in [7, 11) is -1.05. The van der Waals surface area contributed by atoms with Gasteiger partial charge in [0.15, 0.2) is 0 Å². The van der Waals surface area contributed by atoms with E-state index in [2.05, 4.69) is 19.1 Å². The van der Waals surface area contributed by atoms with E-state index >= 15 is 0 Å². The van der Waals surface area contributed by atoms with Gasteiger partial charge in [0.2, 0.25) is 0 Å². The lowest BCUT2D eigenvalue weighted by Gasteiger charge is -2.12. The van der Waals surface area contributed by atoms with Crippen LogP contribution in [0.3, 0.4) is 0 Å². The van der Waals surface area contributed by atoms with Crippen molar-refractivity contribution >= 4 is 10.8 Å². The molecule has 2 aromatic rings. The monoisotopic (exact) mass is 287 g/mol. The molecule has 2 aromatic carbocycles. The van der Waals surface area contributed by atoms with E-state index in [9.17, 15) is 4.21 Å². The standard InChI is InChI=1S/C17H21NOS/c1-3-14-6-8-15(9-7-14)17(18)12-20(19)16-10-4-13(2)5-11-16/h4-11,17H,3,12,18H2,1-2H3. The van der Waals surface area contributed by atoms with Crippen molar-refractivity contribution in [2.24, 2.45) is 5.73 Å². The van der Waals surface area contributed by atoms with Gasteiger partial charge in [-0.15, -0.1) is 0 Å². The number of rotatable bonds is 5. The second kappa shape index (κ2) is 6.82. The lowest BCUT2D eigenvalue weighted by Crippen LogP contribution is -2.18. The summed E-state index contributed by atoms with van der Waals surface area (Å²) >= 11 is 0. The Hall–Kier alpha value is -1.45. The molecule has 3 heteroatoms. The minimum atomic E-state index is -1.05. The summed E-state index contributed by atoms with van der Waals surface area (Å²) in [5.41, 5.74) is 9.67. The summed E-state index contributed by atoms with van der Waals surface area (Å²) in [6.45, 7) is 4.15. The largest absolute Gasteiger partial charge is 0.323 e. The highest BCUT2D eigenvalue weighted by Gasteiger charge is 2.12. The van der Waals surface area contributed by atoms with Gasteiger partial charge in [-0.25, -0.2) is 0 Å². The Morgan fingerprint density at radius 1 is 1.05 bits per heavy atom. The summed E-state index contributed by atoms with van der Waals surface area (Å²) < 4.78 is 12.3. The predicted molar refractivity (Wildman–Crippen MR) is 85.2 cm³/mol. The van der Waals surface area contributed by atoms with Crippen molar-refractivity contribution in [3.63, 3.8) is 0 Å². The maximum Gasteiger partial charge on any atom is 0.0548 e. The van der Waals surface area contributed by atoms with Crippen LogP contribution in [0.1, 0.15) is 29.7 Å². The molecule has 0 fully saturated rings. The van der Waals surface area contributed by atoms with Crippen LogP contribution in [0.25, 0.3) is 0 Å². The van der Waals surface area contributed by atoms with Crippen molar-refractivity contribution in [2.75, 3.05) is 5.75 Å². The molecule has 0 aliphatic heterocycles. The summed E-state index contributed by atoms with van der Waals surface area (Å²) in [6.07, 6.45) is 1.02. The smallest absolute Gasteiger partial charge is 0.0548 e. The van der Waals surface area contributed by atoms with Gasteiger partial charge in [-0.2, -0.15) is 0 Å². The molecule has 0 amide bonds. The summed E-state index contributed by atoms with van der Waals surface area (Å²) in [4.78, 5) is 0.844. The SMILES string of the molecule is CCc1ccc(C(N)CS(=O)c2ccc(C)cc2)cc1. The average Bonchev–Trinajstić information content (AvgIpc) is 2.48. The number of hydrogen-bond acceptors (Lipinski definition) is 2. The van der Waals surface area contributed by atoms with Gasteiger partial charge in [-0.1, -0.05) is 48.9 Å². The molecule has 2 nitrogen and oxygen atoms in total. The van der Waals surface area contributed by atoms with Crippen molar-refractivity contribution in [2.45, 2.75) is 31.2 Å². The Balaban J connectivity index is 2.04. The normalized spacial score (nSPS) is 13.9. The molecule has 2 unspecified atom stereocenters. The molecule has 2 atom stereocenters. The van der Waals surface area contributed by atoms with Crippen LogP contribution in [0.15, 0.2) is 53.4 Å². The van der Waals surface area contributed by atoms with Gasteiger partial charge < -0.3 is 5.73 Å². The minimum absolute atomic E-state index is 0.192. The highest BCUT2D eigenvalue weighted by Crippen LogP contribution is 2.17. The fraction of sp³-hybridized carbons (Fsp3) is 0.294. The highest BCUT2D eigenvalue weighted by atomic mass is 32.2. The van der Waals surface area contributed by atoms with Crippen LogP contribution in [0.2, 0.25) is 0 Å². The number of hydrogen-bond donors (Lipinski definition) is 1. The van der Waals surface area contributed by atoms with Gasteiger partial charge in [0.1, 0.15) is 0 Å². The molecular weight excluding hydrogens is 266 g/mol. The third-order valence-corrected chi connectivity index (χ3v) is 4.89. The molecule has 0 saturated carbocycles. The second-order valence-corrected chi connectivity index (χ2v) is 6.52. The highest BCUT2D eigenvalue weighted by molar-refractivity contribution is 7.85. The first-order chi connectivity index (χ1) is 9.60. The van der Waals surface area contributed by atoms with E-state index in [0.29, 0.717) is 5.75 Å². The third-order valence-electron chi connectivity index (χ3n) is 3.43. The average molecular weight is 287 g/mol. The van der Waals surface area contributed by atoms with Crippen LogP contribution in [-0.4, -0.2) is 9.96 Å². The van der Waals surface area contributed by atoms with Gasteiger partial charge in [0, 0.05) is 16.7 Å². The molecule has 0 spiro atoms. The van der Waals surface area contributed by atoms with Crippen LogP contribution < -0.4 is 5.73 Å². The zero-order valence-corrected chi connectivity index (χ0v) is 12.8. The molecule has 0 bridgehead atoms. The first-order valence-electron chi connectivity index (χ1n) is 6.89. The van der Waals surface area contributed by atoms with Crippen molar-refractivity contribution in [3.05, 3.63) is 65.2 Å². The van der Waals surface area contributed by atoms with Crippen molar-refractivity contribution < 1.29 is 4.21 Å². The molecule has 0 saturated heterocycles. The van der Waals surface area contributed by atoms with Gasteiger partial charge in [-0.3, -0.25) is 4.21 Å². The van der Waals surface area contributed by atoms with Gasteiger partial charge >= 0.3 is 0 Å². The zero-order valence-electron chi connectivity index (χ0n) is 12.0. The van der Waals surface area contributed by atoms with Gasteiger partial charge in [0.05, 0.1) is 10.8 Å². The maximum absolute atomic E-state index is 12.3. The van der Waals surface area contributed by atoms with E-state index in [1.54, 1.807) is 0 Å². The summed E-state index contributed by atoms with van der Waals surface area (Å²) in [5, 5.41) is 0. The molecular formula is C17H21NOS. The van der Waals surface area contributed by atoms with E-state index < -0.39 is 10.8 Å². The third kappa shape index (κ3) is 3.78. The van der Waals surface area contributed by atoms with Crippen molar-refractivity contribution in [3.8, 4) is 0 Å². The van der Waals surface area contributed by atoms with Crippen LogP contribution in [-0.2, 0) is 17.2 Å². The molecule has 2 rings (SSSR count). The van der Waals surface area contributed by atoms with E-state index in [1.165, 1.54) is 11.1 Å². The molecule has 20 heavy (non-hydrogen) atoms. The van der Waals surface area contributed by atoms with Crippen LogP contribution in [0.5, 0.6) is 0 Å². The number of aryl methyl sites for hydroxylation is 2. The molecule has 0 aliphatic rings. The lowest BCUT2D eigenvalue weighted by molar-refractivity contribution is 0.675. The first-order valence-corrected chi connectivity index (χ1v) is 8.21. The van der Waals surface area contributed by atoms with E-state index in [0.717, 1.165) is 16.9 Å². The topological polar surface area (TPSA) is 43.1 Å². The Morgan fingerprint density at radius 2 is 1.65 bits per heavy atom. The Morgan fingerprint density at radius 3 is 2.20 bits per heavy atom. The number of benzene rings is 2. The lowest BCUT2D eigenvalue weighted by atomic mass is 10.1. The molecule has 0 aromatic heterocycles. The fourth-order valence-corrected chi connectivity index (χ4v) is 3.20. The van der Waals surface area contributed by atoms with E-state index in [-0.39, 0.29) is 6.04 Å². The minimum Gasteiger partial charge on any atom is -0.323 e. The Labute approximate surface area is 123 Å². The van der Waals surface area contributed by atoms with Crippen LogP contribution in [0, 0.1) is 6.92 Å². The zero-order chi connectivity index (χ0) is 14.5. The van der Waals surface area contributed by atoms with Crippen molar-refractivity contribution in [1.29, 1.82) is 0 Å². The molecule has 0 heterocycles. The van der Waals surface area contributed by atoms with Gasteiger partial charge in [-0.05, 0) is 36.6 Å². The summed E-state index contributed by atoms with van der Waals surface area (Å²) in [6, 6.07) is 15.8. The predicted octanol–water partition coefficient (Wildman–Crippen LogP) is 3.37. The first kappa shape index (κ1) is 14.9. The van der Waals surface area contributed by atoms with Crippen molar-refractivity contribution in [1.82, 2.24) is 0 Å². The Kier molecular flexibility index (Phi) is 5.10. The molecule has 0 radical (unpaired) electrons. The van der Waals surface area contributed by atoms with Crippen LogP contribution >= 0.6 is 0 Å². The van der Waals surface area contributed by atoms with Crippen LogP contribution in [0.4, 0.5) is 0 Å². The number of nitrogens with two attached hydrogens (primary N) is 1. The van der Waals surface area contributed by atoms with E-state index in [1.807, 2.05) is 43.3 Å². The molecule has 106 valence electrons. The maximum atomic E-state index is 12.3. The van der Waals surface area contributed by atoms with Gasteiger partial charge in [0.25, 0.3) is 0 Å². The fourth-order valence-electron chi connectivity index (χ4n) is 2.05. The molecule has 0 aliphatic carbocycles. The molecule has 2 N–H and O–H groups in total. The summed E-state index contributed by atoms with van der Waals surface area (Å²) in [5.74, 6) is 0.453. The Bertz CT molecular complexity index is 575. The van der Waals surface area contributed by atoms with E-state index in [4.69, 9.17) is 5.73 Å². The quantitative estimate of drug-likeness (QED) is 0.916.